The number of benzene rings is 1. The highest BCUT2D eigenvalue weighted by molar-refractivity contribution is 5.84. The molecule has 0 aliphatic carbocycles. The van der Waals surface area contributed by atoms with E-state index in [9.17, 15) is 14.7 Å². The molecule has 4 nitrogen and oxygen atoms in total. The first-order valence-corrected chi connectivity index (χ1v) is 6.81. The number of carboxylic acids is 1. The largest absolute Gasteiger partial charge is 0.481 e. The lowest BCUT2D eigenvalue weighted by molar-refractivity contribution is -0.153. The van der Waals surface area contributed by atoms with Gasteiger partial charge in [0.1, 0.15) is 0 Å². The van der Waals surface area contributed by atoms with Gasteiger partial charge in [-0.1, -0.05) is 43.7 Å². The average Bonchev–Trinajstić information content (AvgIpc) is 2.36. The number of rotatable bonds is 6. The fraction of sp³-hybridized carbons (Fsp3) is 0.500. The number of carbonyl (C=O) groups is 2. The van der Waals surface area contributed by atoms with Crippen molar-refractivity contribution < 1.29 is 14.7 Å². The molecule has 0 fully saturated rings. The number of amides is 1. The van der Waals surface area contributed by atoms with Gasteiger partial charge >= 0.3 is 5.97 Å². The fourth-order valence-corrected chi connectivity index (χ4v) is 1.95. The lowest BCUT2D eigenvalue weighted by Crippen LogP contribution is -2.39. The minimum absolute atomic E-state index is 0.00812. The van der Waals surface area contributed by atoms with E-state index in [4.69, 9.17) is 0 Å². The SMILES string of the molecule is Cc1cccc(CNC(=O)CC(C)(C(=O)O)C(C)C)c1. The number of nitrogens with one attached hydrogen (secondary N) is 1. The zero-order chi connectivity index (χ0) is 15.3. The molecule has 110 valence electrons. The van der Waals surface area contributed by atoms with Crippen molar-refractivity contribution in [3.63, 3.8) is 0 Å². The monoisotopic (exact) mass is 277 g/mol. The molecule has 1 aromatic rings. The normalized spacial score (nSPS) is 13.8. The van der Waals surface area contributed by atoms with Crippen LogP contribution in [0, 0.1) is 18.3 Å². The molecule has 0 aliphatic heterocycles. The minimum atomic E-state index is -1.03. The summed E-state index contributed by atoms with van der Waals surface area (Å²) in [5.74, 6) is -1.27. The summed E-state index contributed by atoms with van der Waals surface area (Å²) in [7, 11) is 0. The number of aryl methyl sites for hydroxylation is 1. The van der Waals surface area contributed by atoms with Crippen molar-refractivity contribution in [3.8, 4) is 0 Å². The maximum absolute atomic E-state index is 12.0. The van der Waals surface area contributed by atoms with Crippen LogP contribution in [0.1, 0.15) is 38.3 Å². The number of carbonyl (C=O) groups excluding carboxylic acids is 1. The third-order valence-electron chi connectivity index (χ3n) is 3.86. The van der Waals surface area contributed by atoms with E-state index in [1.807, 2.05) is 45.0 Å². The molecule has 0 saturated heterocycles. The Balaban J connectivity index is 2.61. The third-order valence-corrected chi connectivity index (χ3v) is 3.86. The van der Waals surface area contributed by atoms with E-state index >= 15 is 0 Å². The molecule has 1 rings (SSSR count). The number of hydrogen-bond donors (Lipinski definition) is 2. The van der Waals surface area contributed by atoms with Crippen LogP contribution in [0.15, 0.2) is 24.3 Å². The molecule has 0 aromatic heterocycles. The third kappa shape index (κ3) is 4.08. The molecule has 0 spiro atoms. The Kier molecular flexibility index (Phi) is 5.31. The number of carboxylic acid groups (broad SMARTS) is 1. The second-order valence-electron chi connectivity index (χ2n) is 5.82. The van der Waals surface area contributed by atoms with Crippen molar-refractivity contribution in [1.82, 2.24) is 5.32 Å². The molecule has 4 heteroatoms. The Morgan fingerprint density at radius 1 is 1.35 bits per heavy atom. The molecule has 0 bridgehead atoms. The van der Waals surface area contributed by atoms with Crippen molar-refractivity contribution >= 4 is 11.9 Å². The van der Waals surface area contributed by atoms with E-state index in [-0.39, 0.29) is 18.2 Å². The van der Waals surface area contributed by atoms with Crippen LogP contribution in [0.2, 0.25) is 0 Å². The van der Waals surface area contributed by atoms with E-state index in [0.717, 1.165) is 11.1 Å². The predicted octanol–water partition coefficient (Wildman–Crippen LogP) is 2.75. The second-order valence-corrected chi connectivity index (χ2v) is 5.82. The van der Waals surface area contributed by atoms with Gasteiger partial charge < -0.3 is 10.4 Å². The van der Waals surface area contributed by atoms with E-state index < -0.39 is 11.4 Å². The first-order chi connectivity index (χ1) is 9.25. The van der Waals surface area contributed by atoms with Crippen molar-refractivity contribution in [1.29, 1.82) is 0 Å². The van der Waals surface area contributed by atoms with Crippen molar-refractivity contribution in [2.24, 2.45) is 11.3 Å². The average molecular weight is 277 g/mol. The zero-order valence-corrected chi connectivity index (χ0v) is 12.6. The Hall–Kier alpha value is -1.84. The fourth-order valence-electron chi connectivity index (χ4n) is 1.95. The summed E-state index contributed by atoms with van der Waals surface area (Å²) in [6.07, 6.45) is -0.00812. The lowest BCUT2D eigenvalue weighted by atomic mass is 9.76. The molecule has 2 N–H and O–H groups in total. The van der Waals surface area contributed by atoms with Crippen LogP contribution < -0.4 is 5.32 Å². The van der Waals surface area contributed by atoms with Gasteiger partial charge in [0.25, 0.3) is 0 Å². The molecule has 0 saturated carbocycles. The van der Waals surface area contributed by atoms with Crippen LogP contribution in [0.25, 0.3) is 0 Å². The summed E-state index contributed by atoms with van der Waals surface area (Å²) < 4.78 is 0. The molecule has 0 aliphatic rings. The van der Waals surface area contributed by atoms with E-state index in [2.05, 4.69) is 5.32 Å². The van der Waals surface area contributed by atoms with Crippen LogP contribution >= 0.6 is 0 Å². The van der Waals surface area contributed by atoms with Gasteiger partial charge in [0.15, 0.2) is 0 Å². The maximum Gasteiger partial charge on any atom is 0.310 e. The van der Waals surface area contributed by atoms with Crippen molar-refractivity contribution in [2.75, 3.05) is 0 Å². The van der Waals surface area contributed by atoms with Gasteiger partial charge in [0.05, 0.1) is 5.41 Å². The second kappa shape index (κ2) is 6.55. The van der Waals surface area contributed by atoms with Gasteiger partial charge in [-0.2, -0.15) is 0 Å². The van der Waals surface area contributed by atoms with Crippen molar-refractivity contribution in [3.05, 3.63) is 35.4 Å². The van der Waals surface area contributed by atoms with Crippen LogP contribution in [0.5, 0.6) is 0 Å². The van der Waals surface area contributed by atoms with Gasteiger partial charge in [-0.25, -0.2) is 0 Å². The highest BCUT2D eigenvalue weighted by Gasteiger charge is 2.38. The van der Waals surface area contributed by atoms with E-state index in [1.54, 1.807) is 6.92 Å². The number of hydrogen-bond acceptors (Lipinski definition) is 2. The first-order valence-electron chi connectivity index (χ1n) is 6.81. The van der Waals surface area contributed by atoms with Crippen LogP contribution in [0.3, 0.4) is 0 Å². The summed E-state index contributed by atoms with van der Waals surface area (Å²) in [4.78, 5) is 23.3. The van der Waals surface area contributed by atoms with Gasteiger partial charge in [-0.3, -0.25) is 9.59 Å². The van der Waals surface area contributed by atoms with Crippen molar-refractivity contribution in [2.45, 2.75) is 40.7 Å². The van der Waals surface area contributed by atoms with Gasteiger partial charge in [-0.15, -0.1) is 0 Å². The molecular weight excluding hydrogens is 254 g/mol. The molecule has 0 heterocycles. The molecule has 1 aromatic carbocycles. The molecule has 1 amide bonds. The topological polar surface area (TPSA) is 66.4 Å². The zero-order valence-electron chi connectivity index (χ0n) is 12.6. The van der Waals surface area contributed by atoms with Crippen LogP contribution in [-0.2, 0) is 16.1 Å². The molecule has 1 unspecified atom stereocenters. The summed E-state index contributed by atoms with van der Waals surface area (Å²) >= 11 is 0. The molecule has 0 radical (unpaired) electrons. The number of aliphatic carboxylic acids is 1. The summed E-state index contributed by atoms with van der Waals surface area (Å²) in [6.45, 7) is 7.68. The van der Waals surface area contributed by atoms with Gasteiger partial charge in [0.2, 0.25) is 5.91 Å². The molecule has 1 atom stereocenters. The van der Waals surface area contributed by atoms with Gasteiger partial charge in [-0.05, 0) is 25.3 Å². The quantitative estimate of drug-likeness (QED) is 0.840. The summed E-state index contributed by atoms with van der Waals surface area (Å²) in [5.41, 5.74) is 1.12. The highest BCUT2D eigenvalue weighted by atomic mass is 16.4. The smallest absolute Gasteiger partial charge is 0.310 e. The summed E-state index contributed by atoms with van der Waals surface area (Å²) in [5, 5.41) is 12.1. The van der Waals surface area contributed by atoms with E-state index in [0.29, 0.717) is 6.54 Å². The minimum Gasteiger partial charge on any atom is -0.481 e. The Morgan fingerprint density at radius 3 is 2.50 bits per heavy atom. The molecular formula is C16H23NO3. The van der Waals surface area contributed by atoms with Gasteiger partial charge in [0, 0.05) is 13.0 Å². The standard InChI is InChI=1S/C16H23NO3/c1-11(2)16(4,15(19)20)9-14(18)17-10-13-7-5-6-12(3)8-13/h5-8,11H,9-10H2,1-4H3,(H,17,18)(H,19,20). The van der Waals surface area contributed by atoms with Crippen LogP contribution in [0.4, 0.5) is 0 Å². The van der Waals surface area contributed by atoms with E-state index in [1.165, 1.54) is 0 Å². The lowest BCUT2D eigenvalue weighted by Gasteiger charge is -2.28. The summed E-state index contributed by atoms with van der Waals surface area (Å²) in [6, 6.07) is 7.86. The Morgan fingerprint density at radius 2 is 2.00 bits per heavy atom. The Bertz CT molecular complexity index is 496. The Labute approximate surface area is 120 Å². The predicted molar refractivity (Wildman–Crippen MR) is 78.2 cm³/mol. The molecule has 20 heavy (non-hydrogen) atoms. The maximum atomic E-state index is 12.0. The first kappa shape index (κ1) is 16.2. The van der Waals surface area contributed by atoms with Crippen LogP contribution in [-0.4, -0.2) is 17.0 Å². The highest BCUT2D eigenvalue weighted by Crippen LogP contribution is 2.31.